The average Bonchev–Trinajstić information content (AvgIpc) is 3.43. The summed E-state index contributed by atoms with van der Waals surface area (Å²) >= 11 is 0. The number of hydrogen-bond donors (Lipinski definition) is 5. The van der Waals surface area contributed by atoms with Crippen molar-refractivity contribution in [2.75, 3.05) is 12.3 Å². The molecule has 0 unspecified atom stereocenters. The number of aromatic nitrogens is 6. The fourth-order valence-corrected chi connectivity index (χ4v) is 6.44. The van der Waals surface area contributed by atoms with Crippen molar-refractivity contribution in [2.24, 2.45) is 10.9 Å². The van der Waals surface area contributed by atoms with E-state index in [9.17, 15) is 21.9 Å². The summed E-state index contributed by atoms with van der Waals surface area (Å²) in [6.07, 6.45) is 0.0648. The first-order chi connectivity index (χ1) is 15.1. The molecule has 0 amide bonds. The summed E-state index contributed by atoms with van der Waals surface area (Å²) in [5.74, 6) is -0.987. The number of aliphatic hydroxyl groups is 1. The third-order valence-electron chi connectivity index (χ3n) is 4.73. The highest BCUT2D eigenvalue weighted by atomic mass is 32.2. The van der Waals surface area contributed by atoms with Gasteiger partial charge < -0.3 is 15.8 Å². The van der Waals surface area contributed by atoms with Crippen LogP contribution in [0.25, 0.3) is 33.5 Å². The molecule has 1 atom stereocenters. The van der Waals surface area contributed by atoms with E-state index in [1.54, 1.807) is 18.2 Å². The molecule has 13 nitrogen and oxygen atoms in total. The number of sulfonamides is 1. The summed E-state index contributed by atoms with van der Waals surface area (Å²) in [6, 6.07) is 7.69. The monoisotopic (exact) mass is 478 g/mol. The molecule has 0 saturated heterocycles. The number of benzene rings is 2. The second-order valence-corrected chi connectivity index (χ2v) is 10.4. The van der Waals surface area contributed by atoms with Crippen LogP contribution < -0.4 is 10.9 Å². The maximum atomic E-state index is 13.0. The Balaban J connectivity index is 2.12. The number of nitrogens with two attached hydrogens (primary N) is 2. The Bertz CT molecular complexity index is 1500. The third-order valence-corrected chi connectivity index (χ3v) is 7.69. The van der Waals surface area contributed by atoms with Gasteiger partial charge in [0.05, 0.1) is 39.7 Å². The maximum absolute atomic E-state index is 13.0. The Hall–Kier alpha value is -3.24. The topological polar surface area (TPSA) is 224 Å². The number of para-hydroxylation sites is 1. The molecule has 2 heterocycles. The highest BCUT2D eigenvalue weighted by Gasteiger charge is 2.33. The maximum Gasteiger partial charge on any atom is 0.240 e. The van der Waals surface area contributed by atoms with E-state index in [1.165, 1.54) is 12.4 Å². The molecule has 0 saturated carbocycles. The van der Waals surface area contributed by atoms with E-state index in [2.05, 4.69) is 30.6 Å². The number of sulfone groups is 1. The Morgan fingerprint density at radius 1 is 1.09 bits per heavy atom. The van der Waals surface area contributed by atoms with Crippen molar-refractivity contribution in [3.63, 3.8) is 0 Å². The van der Waals surface area contributed by atoms with Gasteiger partial charge in [0.1, 0.15) is 4.90 Å². The molecule has 0 aliphatic rings. The number of hydrogen-bond acceptors (Lipinski definition) is 10. The number of imidazole rings is 1. The lowest BCUT2D eigenvalue weighted by Crippen LogP contribution is -2.30. The first-order valence-electron chi connectivity index (χ1n) is 9.10. The van der Waals surface area contributed by atoms with Crippen LogP contribution in [0.4, 0.5) is 0 Å². The largest absolute Gasteiger partial charge is 0.391 e. The van der Waals surface area contributed by atoms with Crippen molar-refractivity contribution in [3.8, 4) is 22.5 Å². The summed E-state index contributed by atoms with van der Waals surface area (Å²) in [5.41, 5.74) is 7.09. The number of fused-ring (bicyclic) bond motifs is 1. The number of aliphatic hydroxyl groups excluding tert-OH is 1. The minimum Gasteiger partial charge on any atom is -0.391 e. The van der Waals surface area contributed by atoms with Gasteiger partial charge in [-0.25, -0.2) is 27.0 Å². The summed E-state index contributed by atoms with van der Waals surface area (Å²) in [6.45, 7) is -0.332. The van der Waals surface area contributed by atoms with Crippen LogP contribution >= 0.6 is 0 Å². The quantitative estimate of drug-likeness (QED) is 0.221. The predicted octanol–water partition coefficient (Wildman–Crippen LogP) is -0.849. The number of H-pyrrole nitrogens is 2. The average molecular weight is 479 g/mol. The molecule has 0 fully saturated rings. The van der Waals surface area contributed by atoms with E-state index in [-0.39, 0.29) is 23.5 Å². The van der Waals surface area contributed by atoms with Crippen LogP contribution in [0, 0.1) is 0 Å². The molecule has 0 spiro atoms. The molecule has 2 aromatic heterocycles. The standard InChI is InChI=1S/C17H18N8O5S2/c18-6-9(26)7-31(27,28)13-5-4-10(11-2-1-3-12-15(11)21-8-20-12)14(16(13)32(19,29)30)17-22-24-25-23-17/h1-5,8-9,26H,6-7,18H2,(H,20,21)(H2,19,29,30)(H,22,23,24,25)/t9-/m1/s1. The number of tetrazole rings is 1. The Morgan fingerprint density at radius 2 is 1.88 bits per heavy atom. The molecule has 32 heavy (non-hydrogen) atoms. The molecular formula is C17H18N8O5S2. The fourth-order valence-electron chi connectivity index (χ4n) is 3.40. The summed E-state index contributed by atoms with van der Waals surface area (Å²) in [7, 11) is -8.95. The Labute approximate surface area is 181 Å². The number of rotatable bonds is 7. The molecule has 4 aromatic rings. The van der Waals surface area contributed by atoms with E-state index in [0.717, 1.165) is 6.07 Å². The smallest absolute Gasteiger partial charge is 0.240 e. The highest BCUT2D eigenvalue weighted by Crippen LogP contribution is 2.40. The van der Waals surface area contributed by atoms with Crippen molar-refractivity contribution < 1.29 is 21.9 Å². The molecule has 7 N–H and O–H groups in total. The van der Waals surface area contributed by atoms with Crippen LogP contribution in [-0.2, 0) is 19.9 Å². The molecular weight excluding hydrogens is 460 g/mol. The van der Waals surface area contributed by atoms with Crippen LogP contribution in [0.5, 0.6) is 0 Å². The van der Waals surface area contributed by atoms with Gasteiger partial charge in [0.15, 0.2) is 9.84 Å². The van der Waals surface area contributed by atoms with Crippen LogP contribution in [0.2, 0.25) is 0 Å². The SMILES string of the molecule is NC[C@@H](O)CS(=O)(=O)c1ccc(-c2cccc3[nH]cnc23)c(-c2nn[nH]n2)c1S(N)(=O)=O. The lowest BCUT2D eigenvalue weighted by molar-refractivity contribution is 0.205. The summed E-state index contributed by atoms with van der Waals surface area (Å²) < 4.78 is 51.4. The van der Waals surface area contributed by atoms with E-state index >= 15 is 0 Å². The van der Waals surface area contributed by atoms with Crippen LogP contribution in [0.15, 0.2) is 46.5 Å². The van der Waals surface area contributed by atoms with Crippen molar-refractivity contribution >= 4 is 30.9 Å². The van der Waals surface area contributed by atoms with Gasteiger partial charge in [0.2, 0.25) is 15.8 Å². The Morgan fingerprint density at radius 3 is 2.53 bits per heavy atom. The minimum absolute atomic E-state index is 0.167. The third kappa shape index (κ3) is 3.87. The van der Waals surface area contributed by atoms with Gasteiger partial charge in [0.25, 0.3) is 0 Å². The zero-order chi connectivity index (χ0) is 23.1. The molecule has 4 rings (SSSR count). The van der Waals surface area contributed by atoms with Gasteiger partial charge in [-0.2, -0.15) is 5.21 Å². The fraction of sp³-hybridized carbons (Fsp3) is 0.176. The van der Waals surface area contributed by atoms with Crippen LogP contribution in [0.3, 0.4) is 0 Å². The second kappa shape index (κ2) is 8.03. The predicted molar refractivity (Wildman–Crippen MR) is 113 cm³/mol. The molecule has 15 heteroatoms. The molecule has 0 radical (unpaired) electrons. The van der Waals surface area contributed by atoms with Crippen molar-refractivity contribution in [1.82, 2.24) is 30.6 Å². The van der Waals surface area contributed by atoms with E-state index < -0.39 is 41.5 Å². The van der Waals surface area contributed by atoms with Crippen molar-refractivity contribution in [1.29, 1.82) is 0 Å². The molecule has 0 bridgehead atoms. The van der Waals surface area contributed by atoms with Gasteiger partial charge in [-0.05, 0) is 22.9 Å². The van der Waals surface area contributed by atoms with Crippen molar-refractivity contribution in [2.45, 2.75) is 15.9 Å². The summed E-state index contributed by atoms with van der Waals surface area (Å²) in [4.78, 5) is 5.90. The van der Waals surface area contributed by atoms with E-state index in [1.807, 2.05) is 0 Å². The van der Waals surface area contributed by atoms with Crippen LogP contribution in [-0.4, -0.2) is 70.9 Å². The minimum atomic E-state index is -4.63. The normalized spacial score (nSPS) is 13.5. The first-order valence-corrected chi connectivity index (χ1v) is 12.3. The van der Waals surface area contributed by atoms with Crippen molar-refractivity contribution in [3.05, 3.63) is 36.7 Å². The van der Waals surface area contributed by atoms with Gasteiger partial charge in [-0.1, -0.05) is 18.2 Å². The summed E-state index contributed by atoms with van der Waals surface area (Å²) in [5, 5.41) is 28.7. The molecule has 168 valence electrons. The second-order valence-electron chi connectivity index (χ2n) is 6.87. The van der Waals surface area contributed by atoms with Gasteiger partial charge in [0, 0.05) is 12.1 Å². The number of aromatic amines is 2. The van der Waals surface area contributed by atoms with E-state index in [0.29, 0.717) is 16.6 Å². The van der Waals surface area contributed by atoms with Crippen LogP contribution in [0.1, 0.15) is 0 Å². The molecule has 0 aliphatic heterocycles. The lowest BCUT2D eigenvalue weighted by Gasteiger charge is -2.17. The zero-order valence-corrected chi connectivity index (χ0v) is 17.9. The number of nitrogens with one attached hydrogen (secondary N) is 2. The number of nitrogens with zero attached hydrogens (tertiary/aromatic N) is 4. The highest BCUT2D eigenvalue weighted by molar-refractivity contribution is 7.93. The number of primary sulfonamides is 1. The molecule has 0 aliphatic carbocycles. The van der Waals surface area contributed by atoms with Gasteiger partial charge in [-0.15, -0.1) is 10.2 Å². The zero-order valence-electron chi connectivity index (χ0n) is 16.3. The lowest BCUT2D eigenvalue weighted by atomic mass is 9.98. The van der Waals surface area contributed by atoms with Gasteiger partial charge >= 0.3 is 0 Å². The van der Waals surface area contributed by atoms with Gasteiger partial charge in [-0.3, -0.25) is 0 Å². The van der Waals surface area contributed by atoms with E-state index in [4.69, 9.17) is 10.9 Å². The molecule has 2 aromatic carbocycles. The Kier molecular flexibility index (Phi) is 5.51. The first kappa shape index (κ1) is 22.0.